The Hall–Kier alpha value is -6.84. The summed E-state index contributed by atoms with van der Waals surface area (Å²) < 4.78 is 9.09. The van der Waals surface area contributed by atoms with Gasteiger partial charge in [0.2, 0.25) is 0 Å². The maximum absolute atomic E-state index is 6.70. The molecule has 0 aliphatic heterocycles. The van der Waals surface area contributed by atoms with Crippen molar-refractivity contribution in [2.45, 2.75) is 0 Å². The van der Waals surface area contributed by atoms with Gasteiger partial charge in [0.1, 0.15) is 11.2 Å². The highest BCUT2D eigenvalue weighted by Crippen LogP contribution is 2.46. The fraction of sp³-hybridized carbons (Fsp3) is 0. The minimum atomic E-state index is 0.870. The summed E-state index contributed by atoms with van der Waals surface area (Å²) in [5, 5.41) is 11.9. The van der Waals surface area contributed by atoms with Crippen molar-refractivity contribution in [3.8, 4) is 5.69 Å². The monoisotopic (exact) mass is 650 g/mol. The Morgan fingerprint density at radius 2 is 1.00 bits per heavy atom. The maximum atomic E-state index is 6.70. The van der Waals surface area contributed by atoms with Gasteiger partial charge in [0, 0.05) is 38.6 Å². The number of hydrogen-bond acceptors (Lipinski definition) is 2. The van der Waals surface area contributed by atoms with Crippen LogP contribution in [0.4, 0.5) is 17.1 Å². The molecule has 0 bridgehead atoms. The summed E-state index contributed by atoms with van der Waals surface area (Å²) in [7, 11) is 0. The molecule has 3 heteroatoms. The molecule has 0 spiro atoms. The summed E-state index contributed by atoms with van der Waals surface area (Å²) >= 11 is 0. The average molecular weight is 651 g/mol. The van der Waals surface area contributed by atoms with Gasteiger partial charge in [-0.05, 0) is 87.6 Å². The van der Waals surface area contributed by atoms with Crippen molar-refractivity contribution >= 4 is 93.1 Å². The van der Waals surface area contributed by atoms with E-state index in [2.05, 4.69) is 191 Å². The number of rotatable bonds is 4. The van der Waals surface area contributed by atoms with Crippen LogP contribution in [0.3, 0.4) is 0 Å². The van der Waals surface area contributed by atoms with Gasteiger partial charge in [-0.15, -0.1) is 0 Å². The summed E-state index contributed by atoms with van der Waals surface area (Å²) in [6.07, 6.45) is 0. The van der Waals surface area contributed by atoms with Crippen LogP contribution in [0.15, 0.2) is 186 Å². The highest BCUT2D eigenvalue weighted by molar-refractivity contribution is 6.20. The van der Waals surface area contributed by atoms with Crippen LogP contribution in [0, 0.1) is 0 Å². The summed E-state index contributed by atoms with van der Waals surface area (Å²) in [5.41, 5.74) is 8.51. The third-order valence-electron chi connectivity index (χ3n) is 10.5. The Balaban J connectivity index is 1.23. The lowest BCUT2D eigenvalue weighted by molar-refractivity contribution is 0.672. The van der Waals surface area contributed by atoms with Crippen molar-refractivity contribution in [3.05, 3.63) is 182 Å². The van der Waals surface area contributed by atoms with E-state index < -0.39 is 0 Å². The zero-order chi connectivity index (χ0) is 33.5. The normalized spacial score (nSPS) is 11.9. The molecule has 51 heavy (non-hydrogen) atoms. The van der Waals surface area contributed by atoms with E-state index in [0.29, 0.717) is 0 Å². The van der Waals surface area contributed by atoms with Gasteiger partial charge >= 0.3 is 0 Å². The molecule has 0 N–H and O–H groups in total. The molecule has 0 saturated carbocycles. The van der Waals surface area contributed by atoms with Crippen LogP contribution in [-0.4, -0.2) is 4.57 Å². The second-order valence-electron chi connectivity index (χ2n) is 13.3. The first-order valence-corrected chi connectivity index (χ1v) is 17.4. The Morgan fingerprint density at radius 3 is 1.86 bits per heavy atom. The van der Waals surface area contributed by atoms with E-state index in [1.807, 2.05) is 0 Å². The Morgan fingerprint density at radius 1 is 0.392 bits per heavy atom. The molecule has 238 valence electrons. The largest absolute Gasteiger partial charge is 0.455 e. The first-order valence-electron chi connectivity index (χ1n) is 17.4. The van der Waals surface area contributed by atoms with Gasteiger partial charge in [-0.25, -0.2) is 0 Å². The molecule has 0 aliphatic rings. The molecule has 0 amide bonds. The summed E-state index contributed by atoms with van der Waals surface area (Å²) in [5.74, 6) is 0. The summed E-state index contributed by atoms with van der Waals surface area (Å²) in [6, 6.07) is 65.6. The van der Waals surface area contributed by atoms with Gasteiger partial charge in [-0.2, -0.15) is 0 Å². The molecule has 0 unspecified atom stereocenters. The Kier molecular flexibility index (Phi) is 5.96. The number of benzene rings is 9. The number of fused-ring (bicyclic) bond motifs is 11. The van der Waals surface area contributed by atoms with E-state index in [1.165, 1.54) is 43.2 Å². The zero-order valence-corrected chi connectivity index (χ0v) is 27.6. The number of furan rings is 1. The van der Waals surface area contributed by atoms with Crippen molar-refractivity contribution in [2.75, 3.05) is 4.90 Å². The first-order chi connectivity index (χ1) is 25.3. The van der Waals surface area contributed by atoms with Crippen LogP contribution in [-0.2, 0) is 0 Å². The molecule has 2 heterocycles. The van der Waals surface area contributed by atoms with E-state index in [9.17, 15) is 0 Å². The van der Waals surface area contributed by atoms with Crippen LogP contribution < -0.4 is 4.90 Å². The highest BCUT2D eigenvalue weighted by atomic mass is 16.3. The Labute approximate surface area is 293 Å². The predicted octanol–water partition coefficient (Wildman–Crippen LogP) is 13.6. The van der Waals surface area contributed by atoms with E-state index in [0.717, 1.165) is 55.6 Å². The molecule has 11 aromatic rings. The minimum Gasteiger partial charge on any atom is -0.455 e. The fourth-order valence-electron chi connectivity index (χ4n) is 8.24. The molecule has 2 aromatic heterocycles. The van der Waals surface area contributed by atoms with Crippen LogP contribution in [0.2, 0.25) is 0 Å². The van der Waals surface area contributed by atoms with E-state index >= 15 is 0 Å². The summed E-state index contributed by atoms with van der Waals surface area (Å²) in [4.78, 5) is 2.41. The number of para-hydroxylation sites is 2. The number of anilines is 3. The standard InChI is InChI=1S/C48H30N2O/c1-2-13-34(14-3-1)50-43-18-9-8-17-40(43)41-28-25-36(30-45(41)50)49(35-24-27-38-33(29-35)22-21-31-11-4-6-15-37(31)38)44-19-10-20-46-47(44)42-26-23-32-12-5-7-16-39(32)48(42)51-46/h1-30H. The lowest BCUT2D eigenvalue weighted by atomic mass is 10.0. The lowest BCUT2D eigenvalue weighted by Crippen LogP contribution is -2.10. The minimum absolute atomic E-state index is 0.870. The molecular formula is C48H30N2O. The van der Waals surface area contributed by atoms with Gasteiger partial charge in [0.05, 0.1) is 22.1 Å². The second kappa shape index (κ2) is 10.8. The maximum Gasteiger partial charge on any atom is 0.143 e. The van der Waals surface area contributed by atoms with Crippen molar-refractivity contribution in [1.29, 1.82) is 0 Å². The number of nitrogens with zero attached hydrogens (tertiary/aromatic N) is 2. The van der Waals surface area contributed by atoms with Gasteiger partial charge in [-0.1, -0.05) is 121 Å². The molecule has 0 saturated heterocycles. The molecular weight excluding hydrogens is 621 g/mol. The quantitative estimate of drug-likeness (QED) is 0.177. The Bertz CT molecular complexity index is 3150. The molecule has 0 aliphatic carbocycles. The van der Waals surface area contributed by atoms with Crippen LogP contribution in [0.1, 0.15) is 0 Å². The predicted molar refractivity (Wildman–Crippen MR) is 215 cm³/mol. The van der Waals surface area contributed by atoms with Crippen molar-refractivity contribution in [2.24, 2.45) is 0 Å². The van der Waals surface area contributed by atoms with Gasteiger partial charge in [-0.3, -0.25) is 0 Å². The molecule has 0 fully saturated rings. The highest BCUT2D eigenvalue weighted by Gasteiger charge is 2.22. The van der Waals surface area contributed by atoms with Gasteiger partial charge in [0.15, 0.2) is 0 Å². The number of hydrogen-bond donors (Lipinski definition) is 0. The smallest absolute Gasteiger partial charge is 0.143 e. The second-order valence-corrected chi connectivity index (χ2v) is 13.3. The van der Waals surface area contributed by atoms with Crippen molar-refractivity contribution in [3.63, 3.8) is 0 Å². The first kappa shape index (κ1) is 28.0. The van der Waals surface area contributed by atoms with Crippen LogP contribution >= 0.6 is 0 Å². The number of aromatic nitrogens is 1. The molecule has 3 nitrogen and oxygen atoms in total. The van der Waals surface area contributed by atoms with E-state index in [4.69, 9.17) is 4.42 Å². The summed E-state index contributed by atoms with van der Waals surface area (Å²) in [6.45, 7) is 0. The topological polar surface area (TPSA) is 21.3 Å². The van der Waals surface area contributed by atoms with E-state index in [1.54, 1.807) is 0 Å². The third-order valence-corrected chi connectivity index (χ3v) is 10.5. The van der Waals surface area contributed by atoms with Crippen molar-refractivity contribution < 1.29 is 4.42 Å². The molecule has 0 radical (unpaired) electrons. The zero-order valence-electron chi connectivity index (χ0n) is 27.6. The van der Waals surface area contributed by atoms with Crippen molar-refractivity contribution in [1.82, 2.24) is 4.57 Å². The molecule has 0 atom stereocenters. The third kappa shape index (κ3) is 4.19. The fourth-order valence-corrected chi connectivity index (χ4v) is 8.24. The van der Waals surface area contributed by atoms with Gasteiger partial charge < -0.3 is 13.9 Å². The molecule has 9 aromatic carbocycles. The van der Waals surface area contributed by atoms with Crippen LogP contribution in [0.5, 0.6) is 0 Å². The SMILES string of the molecule is c1ccc(-n2c3ccccc3c3ccc(N(c4ccc5c(ccc6ccccc65)c4)c4cccc5oc6c7ccccc7ccc6c45)cc32)cc1. The van der Waals surface area contributed by atoms with Crippen LogP contribution in [0.25, 0.3) is 81.7 Å². The van der Waals surface area contributed by atoms with E-state index in [-0.39, 0.29) is 0 Å². The lowest BCUT2D eigenvalue weighted by Gasteiger charge is -2.27. The van der Waals surface area contributed by atoms with Gasteiger partial charge in [0.25, 0.3) is 0 Å². The average Bonchev–Trinajstić information content (AvgIpc) is 3.75. The molecule has 11 rings (SSSR count).